The maximum Gasteiger partial charge on any atom is 0.225 e. The van der Waals surface area contributed by atoms with Gasteiger partial charge in [-0.2, -0.15) is 0 Å². The Labute approximate surface area is 103 Å². The minimum Gasteiger partial charge on any atom is -0.355 e. The molecule has 2 amide bonds. The summed E-state index contributed by atoms with van der Waals surface area (Å²) in [5.41, 5.74) is 0. The predicted octanol–water partition coefficient (Wildman–Crippen LogP) is -0.175. The van der Waals surface area contributed by atoms with Crippen LogP contribution >= 0.6 is 0 Å². The van der Waals surface area contributed by atoms with E-state index in [1.54, 1.807) is 0 Å². The number of nitrogens with one attached hydrogen (secondary N) is 2. The fraction of sp³-hybridized carbons (Fsp3) is 0.833. The molecule has 17 heavy (non-hydrogen) atoms. The summed E-state index contributed by atoms with van der Waals surface area (Å²) >= 11 is 0. The Hall–Kier alpha value is -1.10. The summed E-state index contributed by atoms with van der Waals surface area (Å²) in [5, 5.41) is 5.61. The van der Waals surface area contributed by atoms with Gasteiger partial charge in [0.25, 0.3) is 0 Å². The van der Waals surface area contributed by atoms with Crippen molar-refractivity contribution in [2.45, 2.75) is 26.3 Å². The highest BCUT2D eigenvalue weighted by Gasteiger charge is 2.28. The smallest absolute Gasteiger partial charge is 0.225 e. The molecule has 2 unspecified atom stereocenters. The molecule has 0 saturated carbocycles. The maximum absolute atomic E-state index is 11.8. The SMILES string of the molecule is CC(C)C(CNC(=O)C1CNC(=O)C1)N(C)C. The number of carbonyl (C=O) groups is 2. The topological polar surface area (TPSA) is 61.4 Å². The third-order valence-electron chi connectivity index (χ3n) is 3.27. The summed E-state index contributed by atoms with van der Waals surface area (Å²) < 4.78 is 0. The third kappa shape index (κ3) is 4.00. The van der Waals surface area contributed by atoms with Gasteiger partial charge in [0.05, 0.1) is 5.92 Å². The third-order valence-corrected chi connectivity index (χ3v) is 3.27. The van der Waals surface area contributed by atoms with Crippen LogP contribution in [0.2, 0.25) is 0 Å². The van der Waals surface area contributed by atoms with Crippen molar-refractivity contribution in [2.24, 2.45) is 11.8 Å². The van der Waals surface area contributed by atoms with Crippen LogP contribution in [0.5, 0.6) is 0 Å². The first kappa shape index (κ1) is 14.0. The molecule has 0 aromatic rings. The molecule has 0 aliphatic carbocycles. The van der Waals surface area contributed by atoms with E-state index in [4.69, 9.17) is 0 Å². The van der Waals surface area contributed by atoms with E-state index in [1.165, 1.54) is 0 Å². The number of likely N-dealkylation sites (N-methyl/N-ethyl adjacent to an activating group) is 1. The molecule has 1 heterocycles. The minimum atomic E-state index is -0.197. The fourth-order valence-electron chi connectivity index (χ4n) is 2.15. The van der Waals surface area contributed by atoms with E-state index in [-0.39, 0.29) is 17.7 Å². The van der Waals surface area contributed by atoms with Crippen molar-refractivity contribution < 1.29 is 9.59 Å². The van der Waals surface area contributed by atoms with Crippen LogP contribution < -0.4 is 10.6 Å². The molecule has 5 nitrogen and oxygen atoms in total. The first-order valence-electron chi connectivity index (χ1n) is 6.12. The molecular weight excluding hydrogens is 218 g/mol. The van der Waals surface area contributed by atoms with Gasteiger partial charge in [-0.05, 0) is 20.0 Å². The molecule has 0 radical (unpaired) electrons. The van der Waals surface area contributed by atoms with E-state index in [1.807, 2.05) is 14.1 Å². The Bertz CT molecular complexity index is 281. The summed E-state index contributed by atoms with van der Waals surface area (Å²) in [6.45, 7) is 5.38. The first-order chi connectivity index (χ1) is 7.91. The summed E-state index contributed by atoms with van der Waals surface area (Å²) in [6, 6.07) is 0.323. The van der Waals surface area contributed by atoms with Crippen LogP contribution in [0.3, 0.4) is 0 Å². The Kier molecular flexibility index (Phi) is 4.93. The number of rotatable bonds is 5. The van der Waals surface area contributed by atoms with Crippen molar-refractivity contribution in [1.29, 1.82) is 0 Å². The predicted molar refractivity (Wildman–Crippen MR) is 66.4 cm³/mol. The highest BCUT2D eigenvalue weighted by molar-refractivity contribution is 5.89. The lowest BCUT2D eigenvalue weighted by Crippen LogP contribution is -2.45. The molecule has 2 N–H and O–H groups in total. The second-order valence-corrected chi connectivity index (χ2v) is 5.23. The molecule has 1 saturated heterocycles. The number of nitrogens with zero attached hydrogens (tertiary/aromatic N) is 1. The van der Waals surface area contributed by atoms with E-state index >= 15 is 0 Å². The zero-order valence-corrected chi connectivity index (χ0v) is 11.1. The van der Waals surface area contributed by atoms with Gasteiger partial charge >= 0.3 is 0 Å². The minimum absolute atomic E-state index is 0.0177. The van der Waals surface area contributed by atoms with Gasteiger partial charge in [-0.3, -0.25) is 9.59 Å². The van der Waals surface area contributed by atoms with E-state index in [0.717, 1.165) is 0 Å². The van der Waals surface area contributed by atoms with Crippen molar-refractivity contribution >= 4 is 11.8 Å². The van der Waals surface area contributed by atoms with Crippen LogP contribution in [-0.4, -0.2) is 49.9 Å². The lowest BCUT2D eigenvalue weighted by Gasteiger charge is -2.28. The van der Waals surface area contributed by atoms with Crippen LogP contribution in [0.15, 0.2) is 0 Å². The number of amides is 2. The first-order valence-corrected chi connectivity index (χ1v) is 6.12. The van der Waals surface area contributed by atoms with E-state index in [9.17, 15) is 9.59 Å². The van der Waals surface area contributed by atoms with Crippen molar-refractivity contribution in [3.63, 3.8) is 0 Å². The zero-order chi connectivity index (χ0) is 13.0. The molecule has 98 valence electrons. The average molecular weight is 241 g/mol. The molecule has 1 rings (SSSR count). The molecule has 5 heteroatoms. The van der Waals surface area contributed by atoms with E-state index in [2.05, 4.69) is 29.4 Å². The molecule has 0 aromatic heterocycles. The van der Waals surface area contributed by atoms with Crippen LogP contribution in [-0.2, 0) is 9.59 Å². The largest absolute Gasteiger partial charge is 0.355 e. The van der Waals surface area contributed by atoms with E-state index in [0.29, 0.717) is 31.5 Å². The van der Waals surface area contributed by atoms with Crippen molar-refractivity contribution in [3.05, 3.63) is 0 Å². The van der Waals surface area contributed by atoms with Crippen molar-refractivity contribution in [1.82, 2.24) is 15.5 Å². The molecule has 2 atom stereocenters. The van der Waals surface area contributed by atoms with Crippen molar-refractivity contribution in [3.8, 4) is 0 Å². The van der Waals surface area contributed by atoms with Gasteiger partial charge in [-0.25, -0.2) is 0 Å². The molecule has 1 fully saturated rings. The van der Waals surface area contributed by atoms with Crippen LogP contribution in [0.25, 0.3) is 0 Å². The van der Waals surface area contributed by atoms with Gasteiger partial charge in [0, 0.05) is 25.6 Å². The Morgan fingerprint density at radius 1 is 1.53 bits per heavy atom. The summed E-state index contributed by atoms with van der Waals surface area (Å²) in [7, 11) is 4.02. The lowest BCUT2D eigenvalue weighted by atomic mass is 10.0. The number of carbonyl (C=O) groups excluding carboxylic acids is 2. The lowest BCUT2D eigenvalue weighted by molar-refractivity contribution is -0.126. The van der Waals surface area contributed by atoms with Gasteiger partial charge in [0.2, 0.25) is 11.8 Å². The molecular formula is C12H23N3O2. The normalized spacial score (nSPS) is 21.8. The monoisotopic (exact) mass is 241 g/mol. The standard InChI is InChI=1S/C12H23N3O2/c1-8(2)10(15(3)4)7-14-12(17)9-5-11(16)13-6-9/h8-10H,5-7H2,1-4H3,(H,13,16)(H,14,17). The fourth-order valence-corrected chi connectivity index (χ4v) is 2.15. The molecule has 1 aliphatic rings. The van der Waals surface area contributed by atoms with Crippen LogP contribution in [0, 0.1) is 11.8 Å². The van der Waals surface area contributed by atoms with Crippen molar-refractivity contribution in [2.75, 3.05) is 27.2 Å². The van der Waals surface area contributed by atoms with Gasteiger partial charge in [-0.15, -0.1) is 0 Å². The quantitative estimate of drug-likeness (QED) is 0.702. The van der Waals surface area contributed by atoms with E-state index < -0.39 is 0 Å². The van der Waals surface area contributed by atoms with Crippen LogP contribution in [0.4, 0.5) is 0 Å². The van der Waals surface area contributed by atoms with Gasteiger partial charge < -0.3 is 15.5 Å². The summed E-state index contributed by atoms with van der Waals surface area (Å²) in [4.78, 5) is 24.9. The van der Waals surface area contributed by atoms with Gasteiger partial charge in [-0.1, -0.05) is 13.8 Å². The summed E-state index contributed by atoms with van der Waals surface area (Å²) in [5.74, 6) is 0.236. The Balaban J connectivity index is 2.38. The van der Waals surface area contributed by atoms with Gasteiger partial charge in [0.1, 0.15) is 0 Å². The van der Waals surface area contributed by atoms with Crippen LogP contribution in [0.1, 0.15) is 20.3 Å². The second kappa shape index (κ2) is 6.00. The second-order valence-electron chi connectivity index (χ2n) is 5.23. The molecule has 0 aromatic carbocycles. The Morgan fingerprint density at radius 3 is 2.59 bits per heavy atom. The highest BCUT2D eigenvalue weighted by Crippen LogP contribution is 2.10. The molecule has 0 bridgehead atoms. The highest BCUT2D eigenvalue weighted by atomic mass is 16.2. The zero-order valence-electron chi connectivity index (χ0n) is 11.1. The Morgan fingerprint density at radius 2 is 2.18 bits per heavy atom. The maximum atomic E-state index is 11.8. The number of hydrogen-bond acceptors (Lipinski definition) is 3. The van der Waals surface area contributed by atoms with Gasteiger partial charge in [0.15, 0.2) is 0 Å². The molecule has 0 spiro atoms. The number of hydrogen-bond donors (Lipinski definition) is 2. The average Bonchev–Trinajstić information content (AvgIpc) is 2.63. The summed E-state index contributed by atoms with van der Waals surface area (Å²) in [6.07, 6.45) is 0.320. The molecule has 1 aliphatic heterocycles.